The van der Waals surface area contributed by atoms with Crippen molar-refractivity contribution in [1.82, 2.24) is 25.3 Å². The van der Waals surface area contributed by atoms with Gasteiger partial charge in [-0.05, 0) is 13.0 Å². The predicted molar refractivity (Wildman–Crippen MR) is 80.3 cm³/mol. The normalized spacial score (nSPS) is 21.3. The van der Waals surface area contributed by atoms with Crippen molar-refractivity contribution in [2.24, 2.45) is 5.92 Å². The van der Waals surface area contributed by atoms with Crippen LogP contribution in [-0.2, 0) is 9.59 Å². The van der Waals surface area contributed by atoms with E-state index < -0.39 is 0 Å². The Bertz CT molecular complexity index is 656. The summed E-state index contributed by atoms with van der Waals surface area (Å²) in [5, 5.41) is 10.2. The fraction of sp³-hybridized carbons (Fsp3) is 0.533. The van der Waals surface area contributed by atoms with Gasteiger partial charge in [-0.2, -0.15) is 10.2 Å². The first kappa shape index (κ1) is 15.4. The van der Waals surface area contributed by atoms with E-state index in [1.165, 1.54) is 6.20 Å². The van der Waals surface area contributed by atoms with E-state index in [1.807, 2.05) is 0 Å². The number of hydrogen-bond donors (Lipinski definition) is 1. The number of amides is 3. The van der Waals surface area contributed by atoms with Crippen LogP contribution in [0.5, 0.6) is 0 Å². The maximum atomic E-state index is 12.4. The zero-order valence-corrected chi connectivity index (χ0v) is 13.2. The molecule has 2 aliphatic heterocycles. The molecule has 8 nitrogen and oxygen atoms in total. The van der Waals surface area contributed by atoms with Gasteiger partial charge in [0.1, 0.15) is 0 Å². The second-order valence-corrected chi connectivity index (χ2v) is 5.96. The highest BCUT2D eigenvalue weighted by atomic mass is 16.2. The summed E-state index contributed by atoms with van der Waals surface area (Å²) in [5.41, 5.74) is 1.13. The Morgan fingerprint density at radius 2 is 2.04 bits per heavy atom. The fourth-order valence-corrected chi connectivity index (χ4v) is 3.08. The van der Waals surface area contributed by atoms with Gasteiger partial charge in [-0.25, -0.2) is 0 Å². The lowest BCUT2D eigenvalue weighted by atomic mass is 10.0. The molecule has 122 valence electrons. The van der Waals surface area contributed by atoms with Gasteiger partial charge in [0.15, 0.2) is 0 Å². The molecule has 3 heterocycles. The number of carbonyl (C=O) groups is 3. The Morgan fingerprint density at radius 1 is 1.30 bits per heavy atom. The third kappa shape index (κ3) is 2.76. The van der Waals surface area contributed by atoms with E-state index in [-0.39, 0.29) is 36.1 Å². The average Bonchev–Trinajstić information content (AvgIpc) is 2.87. The van der Waals surface area contributed by atoms with Crippen molar-refractivity contribution in [2.45, 2.75) is 19.4 Å². The van der Waals surface area contributed by atoms with Gasteiger partial charge in [-0.15, -0.1) is 0 Å². The Hall–Kier alpha value is -2.51. The number of nitrogens with zero attached hydrogens (tertiary/aromatic N) is 4. The van der Waals surface area contributed by atoms with Crippen LogP contribution in [0.2, 0.25) is 0 Å². The zero-order chi connectivity index (χ0) is 16.6. The summed E-state index contributed by atoms with van der Waals surface area (Å²) < 4.78 is 0. The van der Waals surface area contributed by atoms with Crippen LogP contribution in [0.1, 0.15) is 22.5 Å². The molecule has 0 saturated carbocycles. The first-order valence-corrected chi connectivity index (χ1v) is 7.60. The van der Waals surface area contributed by atoms with Gasteiger partial charge in [-0.1, -0.05) is 0 Å². The van der Waals surface area contributed by atoms with Crippen molar-refractivity contribution in [2.75, 3.05) is 26.7 Å². The van der Waals surface area contributed by atoms with E-state index in [1.54, 1.807) is 29.8 Å². The van der Waals surface area contributed by atoms with Crippen LogP contribution in [0, 0.1) is 12.8 Å². The minimum absolute atomic E-state index is 0.00351. The number of rotatable bonds is 3. The Labute approximate surface area is 133 Å². The van der Waals surface area contributed by atoms with Crippen LogP contribution in [0.3, 0.4) is 0 Å². The second kappa shape index (κ2) is 5.94. The summed E-state index contributed by atoms with van der Waals surface area (Å²) in [7, 11) is 1.57. The van der Waals surface area contributed by atoms with Crippen molar-refractivity contribution in [3.63, 3.8) is 0 Å². The van der Waals surface area contributed by atoms with Gasteiger partial charge in [0, 0.05) is 33.1 Å². The highest BCUT2D eigenvalue weighted by Gasteiger charge is 2.43. The molecule has 0 bridgehead atoms. The minimum Gasteiger partial charge on any atom is -0.359 e. The molecule has 2 aliphatic rings. The second-order valence-electron chi connectivity index (χ2n) is 5.96. The molecule has 1 aromatic rings. The highest BCUT2D eigenvalue weighted by molar-refractivity contribution is 5.96. The number of likely N-dealkylation sites (tertiary alicyclic amines) is 2. The van der Waals surface area contributed by atoms with Crippen molar-refractivity contribution in [3.05, 3.63) is 23.5 Å². The monoisotopic (exact) mass is 317 g/mol. The van der Waals surface area contributed by atoms with Gasteiger partial charge < -0.3 is 15.1 Å². The van der Waals surface area contributed by atoms with Crippen LogP contribution in [0.4, 0.5) is 0 Å². The maximum Gasteiger partial charge on any atom is 0.255 e. The first-order chi connectivity index (χ1) is 11.0. The molecule has 3 amide bonds. The molecule has 1 N–H and O–H groups in total. The van der Waals surface area contributed by atoms with Crippen LogP contribution in [0.15, 0.2) is 12.3 Å². The summed E-state index contributed by atoms with van der Waals surface area (Å²) >= 11 is 0. The van der Waals surface area contributed by atoms with Crippen molar-refractivity contribution in [1.29, 1.82) is 0 Å². The van der Waals surface area contributed by atoms with Gasteiger partial charge >= 0.3 is 0 Å². The molecule has 0 radical (unpaired) electrons. The predicted octanol–water partition coefficient (Wildman–Crippen LogP) is -0.796. The third-order valence-corrected chi connectivity index (χ3v) is 4.50. The van der Waals surface area contributed by atoms with E-state index in [9.17, 15) is 14.4 Å². The van der Waals surface area contributed by atoms with E-state index in [0.717, 1.165) is 0 Å². The van der Waals surface area contributed by atoms with Gasteiger partial charge in [0.2, 0.25) is 11.8 Å². The SMILES string of the molecule is CNC(=O)C1CC(=O)N(C2CN(C(=O)c3ccnnc3C)C2)C1. The summed E-state index contributed by atoms with van der Waals surface area (Å²) in [6.45, 7) is 3.16. The first-order valence-electron chi connectivity index (χ1n) is 7.60. The lowest BCUT2D eigenvalue weighted by Crippen LogP contribution is -2.61. The molecule has 1 atom stereocenters. The number of hydrogen-bond acceptors (Lipinski definition) is 5. The smallest absolute Gasteiger partial charge is 0.255 e. The minimum atomic E-state index is -0.288. The molecule has 2 fully saturated rings. The van der Waals surface area contributed by atoms with Crippen LogP contribution >= 0.6 is 0 Å². The largest absolute Gasteiger partial charge is 0.359 e. The van der Waals surface area contributed by atoms with Crippen LogP contribution in [0.25, 0.3) is 0 Å². The molecule has 0 spiro atoms. The number of carbonyl (C=O) groups excluding carboxylic acids is 3. The standard InChI is InChI=1S/C15H19N5O3/c1-9-12(3-4-17-18-9)15(23)19-7-11(8-19)20-6-10(5-13(20)21)14(22)16-2/h3-4,10-11H,5-8H2,1-2H3,(H,16,22). The molecule has 8 heteroatoms. The third-order valence-electron chi connectivity index (χ3n) is 4.50. The van der Waals surface area contributed by atoms with Gasteiger partial charge in [0.25, 0.3) is 5.91 Å². The lowest BCUT2D eigenvalue weighted by Gasteiger charge is -2.44. The topological polar surface area (TPSA) is 95.5 Å². The summed E-state index contributed by atoms with van der Waals surface area (Å²) in [5.74, 6) is -0.504. The number of aryl methyl sites for hydroxylation is 1. The molecular formula is C15H19N5O3. The Kier molecular flexibility index (Phi) is 3.97. The molecule has 3 rings (SSSR count). The molecular weight excluding hydrogens is 298 g/mol. The number of aromatic nitrogens is 2. The molecule has 1 aromatic heterocycles. The number of nitrogens with one attached hydrogen (secondary N) is 1. The summed E-state index contributed by atoms with van der Waals surface area (Å²) in [6, 6.07) is 1.65. The van der Waals surface area contributed by atoms with Crippen molar-refractivity contribution in [3.8, 4) is 0 Å². The molecule has 0 aromatic carbocycles. The Morgan fingerprint density at radius 3 is 2.70 bits per heavy atom. The molecule has 23 heavy (non-hydrogen) atoms. The van der Waals surface area contributed by atoms with Gasteiger partial charge in [-0.3, -0.25) is 14.4 Å². The highest BCUT2D eigenvalue weighted by Crippen LogP contribution is 2.26. The fourth-order valence-electron chi connectivity index (χ4n) is 3.08. The maximum absolute atomic E-state index is 12.4. The van der Waals surface area contributed by atoms with E-state index >= 15 is 0 Å². The van der Waals surface area contributed by atoms with Crippen molar-refractivity contribution < 1.29 is 14.4 Å². The van der Waals surface area contributed by atoms with Gasteiger partial charge in [0.05, 0.1) is 29.4 Å². The zero-order valence-electron chi connectivity index (χ0n) is 13.2. The van der Waals surface area contributed by atoms with E-state index in [0.29, 0.717) is 30.9 Å². The Balaban J connectivity index is 1.59. The molecule has 1 unspecified atom stereocenters. The summed E-state index contributed by atoms with van der Waals surface area (Å²) in [4.78, 5) is 39.5. The van der Waals surface area contributed by atoms with E-state index in [2.05, 4.69) is 15.5 Å². The van der Waals surface area contributed by atoms with E-state index in [4.69, 9.17) is 0 Å². The summed E-state index contributed by atoms with van der Waals surface area (Å²) in [6.07, 6.45) is 1.74. The molecule has 2 saturated heterocycles. The quantitative estimate of drug-likeness (QED) is 0.788. The van der Waals surface area contributed by atoms with Crippen molar-refractivity contribution >= 4 is 17.7 Å². The molecule has 0 aliphatic carbocycles. The average molecular weight is 317 g/mol. The van der Waals surface area contributed by atoms with Crippen LogP contribution in [-0.4, -0.2) is 70.4 Å². The van der Waals surface area contributed by atoms with Crippen LogP contribution < -0.4 is 5.32 Å². The lowest BCUT2D eigenvalue weighted by molar-refractivity contribution is -0.132.